The smallest absolute Gasteiger partial charge is 0.467 e. The van der Waals surface area contributed by atoms with E-state index in [0.717, 1.165) is 36.9 Å². The van der Waals surface area contributed by atoms with Crippen LogP contribution < -0.4 is 31.7 Å². The average Bonchev–Trinajstić information content (AvgIpc) is 3.26. The van der Waals surface area contributed by atoms with Crippen LogP contribution in [0.2, 0.25) is 0 Å². The molecule has 64 heavy (non-hydrogen) atoms. The van der Waals surface area contributed by atoms with Gasteiger partial charge in [-0.05, 0) is 67.8 Å². The third-order valence-electron chi connectivity index (χ3n) is 9.16. The standard InChI is InChI=1S/C43H50F3N7O11/c1-26(2)35(55)51-40-50-32-16-11-28(23-31(32)37(57)52-40)24-53(39(59)43(44,45)46)30-14-12-29(13-15-30)36(56)49-33(38(58)61-5)17-18-34(54)47-19-21-63-42(3,4)64-22-20-48-41(60)62-25-27-9-7-6-8-10-27/h6-16,23,26,33H,17-22,24-25H2,1-5H3,(H,47,54)(H,48,60)(H,49,56)(H2,50,51,52,55,57)/t33-/m0/s1. The van der Waals surface area contributed by atoms with Crippen LogP contribution in [0.15, 0.2) is 77.6 Å². The van der Waals surface area contributed by atoms with Crippen molar-refractivity contribution < 1.29 is 60.9 Å². The van der Waals surface area contributed by atoms with E-state index in [1.165, 1.54) is 18.2 Å². The van der Waals surface area contributed by atoms with Crippen molar-refractivity contribution in [2.24, 2.45) is 5.92 Å². The maximum absolute atomic E-state index is 13.8. The highest BCUT2D eigenvalue weighted by Gasteiger charge is 2.43. The lowest BCUT2D eigenvalue weighted by molar-refractivity contribution is -0.211. The number of amides is 5. The predicted molar refractivity (Wildman–Crippen MR) is 226 cm³/mol. The van der Waals surface area contributed by atoms with Crippen molar-refractivity contribution in [3.63, 3.8) is 0 Å². The summed E-state index contributed by atoms with van der Waals surface area (Å²) in [6.45, 7) is 6.46. The monoisotopic (exact) mass is 897 g/mol. The van der Waals surface area contributed by atoms with E-state index in [9.17, 15) is 46.7 Å². The van der Waals surface area contributed by atoms with Gasteiger partial charge >= 0.3 is 24.1 Å². The summed E-state index contributed by atoms with van der Waals surface area (Å²) in [7, 11) is 1.09. The number of fused-ring (bicyclic) bond motifs is 1. The fourth-order valence-corrected chi connectivity index (χ4v) is 5.76. The highest BCUT2D eigenvalue weighted by Crippen LogP contribution is 2.27. The lowest BCUT2D eigenvalue weighted by Gasteiger charge is -2.26. The molecular formula is C43H50F3N7O11. The molecule has 0 radical (unpaired) electrons. The van der Waals surface area contributed by atoms with Gasteiger partial charge in [-0.2, -0.15) is 13.2 Å². The van der Waals surface area contributed by atoms with Crippen LogP contribution in [0.4, 0.5) is 29.6 Å². The highest BCUT2D eigenvalue weighted by molar-refractivity contribution is 6.00. The molecule has 0 unspecified atom stereocenters. The van der Waals surface area contributed by atoms with Crippen LogP contribution in [-0.2, 0) is 51.3 Å². The lowest BCUT2D eigenvalue weighted by Crippen LogP contribution is -2.42. The number of hydrogen-bond donors (Lipinski definition) is 5. The Balaban J connectivity index is 1.28. The number of carbonyl (C=O) groups is 6. The van der Waals surface area contributed by atoms with Gasteiger partial charge in [0.25, 0.3) is 11.5 Å². The van der Waals surface area contributed by atoms with E-state index in [1.807, 2.05) is 30.3 Å². The summed E-state index contributed by atoms with van der Waals surface area (Å²) in [5.41, 5.74) is 0.101. The minimum atomic E-state index is -5.30. The minimum absolute atomic E-state index is 0.00842. The third kappa shape index (κ3) is 15.5. The maximum atomic E-state index is 13.8. The molecule has 1 atom stereocenters. The van der Waals surface area contributed by atoms with Crippen molar-refractivity contribution in [2.45, 2.75) is 71.7 Å². The third-order valence-corrected chi connectivity index (χ3v) is 9.16. The second kappa shape index (κ2) is 23.0. The van der Waals surface area contributed by atoms with Crippen LogP contribution in [0.3, 0.4) is 0 Å². The summed E-state index contributed by atoms with van der Waals surface area (Å²) in [6, 6.07) is 16.4. The van der Waals surface area contributed by atoms with Gasteiger partial charge in [0, 0.05) is 36.7 Å². The minimum Gasteiger partial charge on any atom is -0.467 e. The number of methoxy groups -OCH3 is 1. The number of benzene rings is 3. The molecule has 5 amide bonds. The Morgan fingerprint density at radius 1 is 0.859 bits per heavy atom. The van der Waals surface area contributed by atoms with E-state index in [0.29, 0.717) is 4.90 Å². The first-order chi connectivity index (χ1) is 30.3. The summed E-state index contributed by atoms with van der Waals surface area (Å²) in [5, 5.41) is 10.1. The second-order valence-electron chi connectivity index (χ2n) is 14.9. The van der Waals surface area contributed by atoms with Crippen molar-refractivity contribution in [1.82, 2.24) is 25.9 Å². The van der Waals surface area contributed by atoms with Gasteiger partial charge in [0.15, 0.2) is 5.79 Å². The largest absolute Gasteiger partial charge is 0.471 e. The van der Waals surface area contributed by atoms with E-state index in [-0.39, 0.29) is 79.4 Å². The number of esters is 1. The quantitative estimate of drug-likeness (QED) is 0.0443. The zero-order valence-corrected chi connectivity index (χ0v) is 35.8. The molecule has 0 aliphatic rings. The van der Waals surface area contributed by atoms with Crippen LogP contribution in [0.1, 0.15) is 62.0 Å². The number of alkyl carbamates (subject to hydrolysis) is 1. The topological polar surface area (TPSA) is 236 Å². The molecule has 0 saturated heterocycles. The Morgan fingerprint density at radius 2 is 1.52 bits per heavy atom. The van der Waals surface area contributed by atoms with Crippen LogP contribution in [-0.4, -0.2) is 97.1 Å². The number of carbonyl (C=O) groups excluding carboxylic acids is 6. The molecule has 1 heterocycles. The van der Waals surface area contributed by atoms with E-state index < -0.39 is 71.7 Å². The molecule has 4 rings (SSSR count). The summed E-state index contributed by atoms with van der Waals surface area (Å²) >= 11 is 0. The van der Waals surface area contributed by atoms with Crippen molar-refractivity contribution in [1.29, 1.82) is 0 Å². The van der Waals surface area contributed by atoms with Gasteiger partial charge in [-0.3, -0.25) is 34.3 Å². The number of ether oxygens (including phenoxy) is 4. The summed E-state index contributed by atoms with van der Waals surface area (Å²) in [5.74, 6) is -6.36. The molecule has 21 heteroatoms. The van der Waals surface area contributed by atoms with Gasteiger partial charge in [0.2, 0.25) is 17.8 Å². The van der Waals surface area contributed by atoms with Crippen LogP contribution in [0, 0.1) is 5.92 Å². The van der Waals surface area contributed by atoms with Gasteiger partial charge in [0.05, 0.1) is 37.8 Å². The summed E-state index contributed by atoms with van der Waals surface area (Å²) in [4.78, 5) is 94.8. The maximum Gasteiger partial charge on any atom is 0.471 e. The normalized spacial score (nSPS) is 12.0. The number of anilines is 2. The summed E-state index contributed by atoms with van der Waals surface area (Å²) in [6.07, 6.45) is -6.29. The number of H-pyrrole nitrogens is 1. The van der Waals surface area contributed by atoms with Gasteiger partial charge in [-0.25, -0.2) is 14.6 Å². The fraction of sp³-hybridized carbons (Fsp3) is 0.395. The van der Waals surface area contributed by atoms with E-state index in [2.05, 4.69) is 31.2 Å². The Hall–Kier alpha value is -6.87. The molecule has 4 aromatic rings. The molecule has 1 aromatic heterocycles. The number of aromatic amines is 1. The molecule has 0 spiro atoms. The fourth-order valence-electron chi connectivity index (χ4n) is 5.76. The van der Waals surface area contributed by atoms with Gasteiger partial charge in [0.1, 0.15) is 12.6 Å². The van der Waals surface area contributed by atoms with Gasteiger partial charge < -0.3 is 39.8 Å². The van der Waals surface area contributed by atoms with Crippen molar-refractivity contribution >= 4 is 58.2 Å². The number of rotatable bonds is 21. The number of nitrogens with zero attached hydrogens (tertiary/aromatic N) is 2. The van der Waals surface area contributed by atoms with Crippen molar-refractivity contribution in [2.75, 3.05) is 43.6 Å². The van der Waals surface area contributed by atoms with E-state index >= 15 is 0 Å². The molecule has 0 aliphatic heterocycles. The number of hydrogen-bond acceptors (Lipinski definition) is 12. The first-order valence-electron chi connectivity index (χ1n) is 20.0. The van der Waals surface area contributed by atoms with Crippen molar-refractivity contribution in [3.05, 3.63) is 99.8 Å². The SMILES string of the molecule is COC(=O)[C@H](CCC(=O)NCCOC(C)(C)OCCNC(=O)OCc1ccccc1)NC(=O)c1ccc(N(Cc2ccc3nc(NC(=O)C(C)C)[nH]c(=O)c3c2)C(=O)C(F)(F)F)cc1. The zero-order chi connectivity index (χ0) is 47.0. The molecule has 0 aliphatic carbocycles. The molecule has 5 N–H and O–H groups in total. The Kier molecular flexibility index (Phi) is 17.9. The molecule has 344 valence electrons. The van der Waals surface area contributed by atoms with Crippen LogP contribution in [0.5, 0.6) is 0 Å². The first kappa shape index (κ1) is 49.8. The summed E-state index contributed by atoms with van der Waals surface area (Å²) < 4.78 is 62.7. The molecule has 3 aromatic carbocycles. The highest BCUT2D eigenvalue weighted by atomic mass is 19.4. The first-order valence-corrected chi connectivity index (χ1v) is 20.0. The molecular weight excluding hydrogens is 848 g/mol. The van der Waals surface area contributed by atoms with E-state index in [1.54, 1.807) is 27.7 Å². The molecule has 0 fully saturated rings. The Labute approximate surface area is 365 Å². The zero-order valence-electron chi connectivity index (χ0n) is 35.8. The lowest BCUT2D eigenvalue weighted by atomic mass is 10.1. The van der Waals surface area contributed by atoms with Crippen LogP contribution in [0.25, 0.3) is 10.9 Å². The molecule has 0 bridgehead atoms. The van der Waals surface area contributed by atoms with Crippen molar-refractivity contribution in [3.8, 4) is 0 Å². The van der Waals surface area contributed by atoms with Gasteiger partial charge in [-0.15, -0.1) is 0 Å². The van der Waals surface area contributed by atoms with Gasteiger partial charge in [-0.1, -0.05) is 50.2 Å². The van der Waals surface area contributed by atoms with Crippen LogP contribution >= 0.6 is 0 Å². The number of alkyl halides is 3. The Morgan fingerprint density at radius 3 is 2.14 bits per heavy atom. The predicted octanol–water partition coefficient (Wildman–Crippen LogP) is 4.48. The number of halogens is 3. The second-order valence-corrected chi connectivity index (χ2v) is 14.9. The Bertz CT molecular complexity index is 2320. The number of nitrogens with one attached hydrogen (secondary N) is 5. The molecule has 0 saturated carbocycles. The number of aromatic nitrogens is 2. The van der Waals surface area contributed by atoms with E-state index in [4.69, 9.17) is 18.9 Å². The average molecular weight is 898 g/mol. The molecule has 18 nitrogen and oxygen atoms in total.